The Morgan fingerprint density at radius 1 is 0.306 bits per heavy atom. The van der Waals surface area contributed by atoms with Crippen molar-refractivity contribution in [3.8, 4) is 0 Å². The fourth-order valence-electron chi connectivity index (χ4n) is 8.12. The fraction of sp³-hybridized carbons (Fsp3) is 0.980. The van der Waals surface area contributed by atoms with Crippen LogP contribution in [0.4, 0.5) is 0 Å². The number of hydrogen-bond acceptors (Lipinski definition) is 19. The van der Waals surface area contributed by atoms with Crippen LogP contribution in [0.15, 0.2) is 0 Å². The van der Waals surface area contributed by atoms with Gasteiger partial charge in [-0.15, -0.1) is 0 Å². The smallest absolute Gasteiger partial charge is 0.356 e. The van der Waals surface area contributed by atoms with Gasteiger partial charge in [-0.3, -0.25) is 4.79 Å². The van der Waals surface area contributed by atoms with E-state index >= 15 is 0 Å². The van der Waals surface area contributed by atoms with Crippen molar-refractivity contribution in [2.75, 3.05) is 42.7 Å². The summed E-state index contributed by atoms with van der Waals surface area (Å²) < 4.78 is 108. The van der Waals surface area contributed by atoms with Gasteiger partial charge in [-0.2, -0.15) is 0 Å². The van der Waals surface area contributed by atoms with Gasteiger partial charge in [0.15, 0.2) is 75.5 Å². The van der Waals surface area contributed by atoms with Crippen molar-refractivity contribution in [1.29, 1.82) is 0 Å². The third-order valence-electron chi connectivity index (χ3n) is 12.3. The van der Waals surface area contributed by atoms with Gasteiger partial charge in [-0.05, 0) is 122 Å². The summed E-state index contributed by atoms with van der Waals surface area (Å²) in [5.41, 5.74) is -0.206. The minimum atomic E-state index is -3.64. The molecule has 0 amide bonds. The summed E-state index contributed by atoms with van der Waals surface area (Å²) in [7, 11) is 2.17. The predicted molar refractivity (Wildman–Crippen MR) is 278 cm³/mol. The SMILES string of the molecule is CCC(CCCCCCCC(=O)CCCCCCCC(CC)[Si](OC(C)OC(C)OC)(OC(C)OC(C)OC)OC(C)OC(C)OC)[Si](OC(C)OC(C)OC)(OC(C)OC(C)OC)OC(C)OC(C)OC. The van der Waals surface area contributed by atoms with Crippen molar-refractivity contribution in [1.82, 2.24) is 0 Å². The lowest BCUT2D eigenvalue weighted by Gasteiger charge is -2.41. The van der Waals surface area contributed by atoms with Crippen LogP contribution in [0.25, 0.3) is 0 Å². The van der Waals surface area contributed by atoms with Gasteiger partial charge in [0, 0.05) is 66.6 Å². The maximum atomic E-state index is 13.0. The molecular weight excluding hydrogens is 973 g/mol. The van der Waals surface area contributed by atoms with E-state index in [2.05, 4.69) is 13.8 Å². The lowest BCUT2D eigenvalue weighted by atomic mass is 10.0. The second kappa shape index (κ2) is 41.5. The molecule has 0 saturated carbocycles. The second-order valence-corrected chi connectivity index (χ2v) is 23.8. The molecule has 0 aliphatic carbocycles. The summed E-state index contributed by atoms with van der Waals surface area (Å²) in [6, 6.07) is 0. The van der Waals surface area contributed by atoms with Gasteiger partial charge in [0.2, 0.25) is 0 Å². The first-order chi connectivity index (χ1) is 34.1. The average molecular weight is 1080 g/mol. The summed E-state index contributed by atoms with van der Waals surface area (Å²) in [6.07, 6.45) is 6.45. The maximum Gasteiger partial charge on any atom is 0.510 e. The first-order valence-corrected chi connectivity index (χ1v) is 30.4. The maximum absolute atomic E-state index is 13.0. The number of carbonyl (C=O) groups is 1. The highest BCUT2D eigenvalue weighted by Crippen LogP contribution is 2.39. The molecule has 0 aromatic heterocycles. The van der Waals surface area contributed by atoms with Crippen LogP contribution in [-0.2, 0) is 88.2 Å². The van der Waals surface area contributed by atoms with Crippen molar-refractivity contribution >= 4 is 23.4 Å². The van der Waals surface area contributed by atoms with Crippen LogP contribution in [0.5, 0.6) is 0 Å². The van der Waals surface area contributed by atoms with Crippen molar-refractivity contribution in [3.05, 3.63) is 0 Å². The van der Waals surface area contributed by atoms with Gasteiger partial charge in [-0.25, -0.2) is 0 Å². The number of methoxy groups -OCH3 is 6. The molecule has 72 heavy (non-hydrogen) atoms. The van der Waals surface area contributed by atoms with Crippen LogP contribution in [-0.4, -0.2) is 142 Å². The molecule has 19 nitrogen and oxygen atoms in total. The molecule has 0 N–H and O–H groups in total. The Morgan fingerprint density at radius 3 is 0.694 bits per heavy atom. The van der Waals surface area contributed by atoms with E-state index in [0.29, 0.717) is 18.6 Å². The lowest BCUT2D eigenvalue weighted by Crippen LogP contribution is -2.56. The topological polar surface area (TPSA) is 183 Å². The van der Waals surface area contributed by atoms with Gasteiger partial charge in [-0.1, -0.05) is 65.2 Å². The average Bonchev–Trinajstić information content (AvgIpc) is 3.32. The highest BCUT2D eigenvalue weighted by atomic mass is 28.4. The van der Waals surface area contributed by atoms with Crippen molar-refractivity contribution in [2.24, 2.45) is 0 Å². The summed E-state index contributed by atoms with van der Waals surface area (Å²) in [6.45, 7) is 25.8. The quantitative estimate of drug-likeness (QED) is 0.0318. The molecule has 432 valence electrons. The Kier molecular flexibility index (Phi) is 41.1. The molecule has 0 spiro atoms. The van der Waals surface area contributed by atoms with E-state index in [9.17, 15) is 4.79 Å². The number of Topliss-reactive ketones (excluding diaryl/α,β-unsaturated/α-hetero) is 1. The third-order valence-corrected chi connectivity index (χ3v) is 19.6. The Morgan fingerprint density at radius 2 is 0.500 bits per heavy atom. The van der Waals surface area contributed by atoms with Gasteiger partial charge < -0.3 is 83.4 Å². The van der Waals surface area contributed by atoms with Crippen LogP contribution < -0.4 is 0 Å². The number of hydrogen-bond donors (Lipinski definition) is 0. The van der Waals surface area contributed by atoms with E-state index in [1.165, 1.54) is 0 Å². The Bertz CT molecular complexity index is 1100. The minimum Gasteiger partial charge on any atom is -0.356 e. The molecule has 0 heterocycles. The zero-order valence-corrected chi connectivity index (χ0v) is 50.7. The molecule has 0 rings (SSSR count). The first kappa shape index (κ1) is 71.4. The van der Waals surface area contributed by atoms with Gasteiger partial charge >= 0.3 is 17.6 Å². The highest BCUT2D eigenvalue weighted by molar-refractivity contribution is 6.63. The van der Waals surface area contributed by atoms with E-state index in [0.717, 1.165) is 89.9 Å². The summed E-state index contributed by atoms with van der Waals surface area (Å²) in [5.74, 6) is 0.325. The second-order valence-electron chi connectivity index (χ2n) is 18.3. The number of ether oxygens (including phenoxy) is 12. The van der Waals surface area contributed by atoms with Crippen molar-refractivity contribution in [2.45, 2.75) is 286 Å². The highest BCUT2D eigenvalue weighted by Gasteiger charge is 2.54. The van der Waals surface area contributed by atoms with Crippen LogP contribution in [0.1, 0.15) is 200 Å². The Balaban J connectivity index is 5.48. The minimum absolute atomic E-state index is 0.103. The molecule has 0 aliphatic rings. The molecule has 21 heteroatoms. The van der Waals surface area contributed by atoms with Crippen LogP contribution in [0, 0.1) is 0 Å². The number of carbonyl (C=O) groups excluding carboxylic acids is 1. The van der Waals surface area contributed by atoms with E-state index in [1.807, 2.05) is 0 Å². The molecule has 14 atom stereocenters. The van der Waals surface area contributed by atoms with E-state index in [4.69, 9.17) is 83.4 Å². The van der Waals surface area contributed by atoms with E-state index in [1.54, 1.807) is 126 Å². The lowest BCUT2D eigenvalue weighted by molar-refractivity contribution is -0.255. The molecular formula is C51H106O19Si2. The summed E-state index contributed by atoms with van der Waals surface area (Å²) >= 11 is 0. The Labute approximate surface area is 439 Å². The predicted octanol–water partition coefficient (Wildman–Crippen LogP) is 11.7. The molecule has 0 aromatic carbocycles. The Hall–Kier alpha value is -0.616. The third kappa shape index (κ3) is 31.6. The van der Waals surface area contributed by atoms with E-state index < -0.39 is 93.1 Å². The monoisotopic (exact) mass is 1080 g/mol. The molecule has 0 fully saturated rings. The molecule has 0 aliphatic heterocycles. The van der Waals surface area contributed by atoms with Crippen LogP contribution in [0.2, 0.25) is 11.1 Å². The largest absolute Gasteiger partial charge is 0.510 e. The van der Waals surface area contributed by atoms with E-state index in [-0.39, 0.29) is 11.1 Å². The van der Waals surface area contributed by atoms with Gasteiger partial charge in [0.25, 0.3) is 0 Å². The number of unbranched alkanes of at least 4 members (excludes halogenated alkanes) is 8. The van der Waals surface area contributed by atoms with Crippen LogP contribution in [0.3, 0.4) is 0 Å². The van der Waals surface area contributed by atoms with Gasteiger partial charge in [0.1, 0.15) is 5.78 Å². The van der Waals surface area contributed by atoms with Crippen molar-refractivity contribution in [3.63, 3.8) is 0 Å². The van der Waals surface area contributed by atoms with Crippen LogP contribution >= 0.6 is 0 Å². The molecule has 0 bridgehead atoms. The molecule has 14 unspecified atom stereocenters. The zero-order chi connectivity index (χ0) is 54.7. The molecule has 0 saturated heterocycles. The molecule has 0 radical (unpaired) electrons. The number of ketones is 1. The first-order valence-electron chi connectivity index (χ1n) is 26.8. The standard InChI is InChI=1S/C51H106O19Si2/c1-21-50(71(65-43(9)59-37(3)53-15,66-44(10)60-38(4)54-16)67-45(11)61-39(5)55-17)35-31-27-23-25-29-33-49(52)34-30-26-24-28-32-36-51(22-2)72(68-46(12)62-40(6)56-18,69-47(13)63-41(7)57-19)70-48(14)64-42(8)58-20/h37-48,50-51H,21-36H2,1-20H3. The zero-order valence-electron chi connectivity index (χ0n) is 48.7. The fourth-order valence-corrected chi connectivity index (χ4v) is 14.8. The summed E-state index contributed by atoms with van der Waals surface area (Å²) in [5, 5.41) is 0. The number of rotatable bonds is 50. The van der Waals surface area contributed by atoms with Gasteiger partial charge in [0.05, 0.1) is 0 Å². The normalized spacial score (nSPS) is 19.9. The molecule has 0 aromatic rings. The summed E-state index contributed by atoms with van der Waals surface area (Å²) in [4.78, 5) is 13.0. The van der Waals surface area contributed by atoms with Crippen molar-refractivity contribution < 1.29 is 88.2 Å².